The number of rotatable bonds is 7. The lowest BCUT2D eigenvalue weighted by Gasteiger charge is -2.30. The molecule has 2 rings (SSSR count). The first-order chi connectivity index (χ1) is 10.3. The Morgan fingerprint density at radius 1 is 0.762 bits per heavy atom. The first kappa shape index (κ1) is 15.8. The largest absolute Gasteiger partial charge is 0.304 e. The van der Waals surface area contributed by atoms with Crippen LogP contribution in [0.1, 0.15) is 37.8 Å². The maximum atomic E-state index is 2.52. The monoisotopic (exact) mass is 281 g/mol. The fraction of sp³-hybridized carbons (Fsp3) is 0.400. The summed E-state index contributed by atoms with van der Waals surface area (Å²) >= 11 is 0. The molecule has 1 heteroatoms. The van der Waals surface area contributed by atoms with E-state index in [1.807, 2.05) is 0 Å². The summed E-state index contributed by atoms with van der Waals surface area (Å²) in [6.07, 6.45) is 0. The molecule has 0 aliphatic heterocycles. The first-order valence-electron chi connectivity index (χ1n) is 8.08. The van der Waals surface area contributed by atoms with E-state index >= 15 is 0 Å². The van der Waals surface area contributed by atoms with Gasteiger partial charge in [-0.05, 0) is 30.1 Å². The van der Waals surface area contributed by atoms with Gasteiger partial charge in [0.1, 0.15) is 0 Å². The smallest absolute Gasteiger partial charge is 0.0127 e. The number of hydrogen-bond acceptors (Lipinski definition) is 1. The lowest BCUT2D eigenvalue weighted by atomic mass is 9.81. The number of benzene rings is 2. The van der Waals surface area contributed by atoms with Crippen LogP contribution >= 0.6 is 0 Å². The lowest BCUT2D eigenvalue weighted by molar-refractivity contribution is 0.250. The zero-order chi connectivity index (χ0) is 15.1. The van der Waals surface area contributed by atoms with E-state index in [-0.39, 0.29) is 0 Å². The fourth-order valence-corrected chi connectivity index (χ4v) is 3.16. The van der Waals surface area contributed by atoms with Crippen molar-refractivity contribution in [3.8, 4) is 0 Å². The minimum absolute atomic E-state index is 0.466. The van der Waals surface area contributed by atoms with E-state index in [9.17, 15) is 0 Å². The van der Waals surface area contributed by atoms with Gasteiger partial charge in [-0.3, -0.25) is 0 Å². The van der Waals surface area contributed by atoms with E-state index in [0.717, 1.165) is 19.6 Å². The van der Waals surface area contributed by atoms with Gasteiger partial charge in [-0.25, -0.2) is 0 Å². The van der Waals surface area contributed by atoms with E-state index in [1.165, 1.54) is 11.1 Å². The molecule has 21 heavy (non-hydrogen) atoms. The summed E-state index contributed by atoms with van der Waals surface area (Å²) in [7, 11) is 0. The first-order valence-corrected chi connectivity index (χ1v) is 8.08. The highest BCUT2D eigenvalue weighted by molar-refractivity contribution is 5.33. The van der Waals surface area contributed by atoms with E-state index < -0.39 is 0 Å². The van der Waals surface area contributed by atoms with Crippen LogP contribution in [0.5, 0.6) is 0 Å². The molecule has 1 unspecified atom stereocenters. The Hall–Kier alpha value is -1.60. The van der Waals surface area contributed by atoms with Gasteiger partial charge in [-0.1, -0.05) is 81.4 Å². The van der Waals surface area contributed by atoms with Gasteiger partial charge in [0, 0.05) is 12.5 Å². The minimum atomic E-state index is 0.466. The van der Waals surface area contributed by atoms with Crippen molar-refractivity contribution < 1.29 is 0 Å². The van der Waals surface area contributed by atoms with Crippen LogP contribution in [0.2, 0.25) is 0 Å². The van der Waals surface area contributed by atoms with Crippen LogP contribution in [-0.2, 0) is 0 Å². The highest BCUT2D eigenvalue weighted by atomic mass is 15.1. The third kappa shape index (κ3) is 4.18. The molecule has 0 bridgehead atoms. The summed E-state index contributed by atoms with van der Waals surface area (Å²) in [6.45, 7) is 10.3. The Kier molecular flexibility index (Phi) is 6.01. The summed E-state index contributed by atoms with van der Waals surface area (Å²) in [5.74, 6) is 1.06. The van der Waals surface area contributed by atoms with Gasteiger partial charge >= 0.3 is 0 Å². The molecule has 0 aliphatic rings. The molecular weight excluding hydrogens is 254 g/mol. The van der Waals surface area contributed by atoms with Gasteiger partial charge in [0.2, 0.25) is 0 Å². The summed E-state index contributed by atoms with van der Waals surface area (Å²) in [6, 6.07) is 21.8. The van der Waals surface area contributed by atoms with E-state index in [0.29, 0.717) is 11.8 Å². The zero-order valence-electron chi connectivity index (χ0n) is 13.5. The van der Waals surface area contributed by atoms with Crippen molar-refractivity contribution >= 4 is 0 Å². The van der Waals surface area contributed by atoms with Crippen LogP contribution in [0.4, 0.5) is 0 Å². The summed E-state index contributed by atoms with van der Waals surface area (Å²) < 4.78 is 0. The van der Waals surface area contributed by atoms with Gasteiger partial charge in [0.25, 0.3) is 0 Å². The highest BCUT2D eigenvalue weighted by Crippen LogP contribution is 2.32. The molecule has 112 valence electrons. The fourth-order valence-electron chi connectivity index (χ4n) is 3.16. The molecule has 0 fully saturated rings. The van der Waals surface area contributed by atoms with Crippen molar-refractivity contribution in [2.24, 2.45) is 5.92 Å². The summed E-state index contributed by atoms with van der Waals surface area (Å²) in [5.41, 5.74) is 2.84. The molecule has 0 N–H and O–H groups in total. The van der Waals surface area contributed by atoms with Gasteiger partial charge in [-0.15, -0.1) is 0 Å². The van der Waals surface area contributed by atoms with Crippen molar-refractivity contribution in [2.75, 3.05) is 19.6 Å². The second kappa shape index (κ2) is 7.99. The predicted octanol–water partition coefficient (Wildman–Crippen LogP) is 4.80. The Morgan fingerprint density at radius 2 is 1.19 bits per heavy atom. The van der Waals surface area contributed by atoms with Gasteiger partial charge in [0.05, 0.1) is 0 Å². The SMILES string of the molecule is CCN(CC)CC(C)C(c1ccccc1)c1ccccc1. The number of nitrogens with zero attached hydrogens (tertiary/aromatic N) is 1. The minimum Gasteiger partial charge on any atom is -0.304 e. The second-order valence-electron chi connectivity index (χ2n) is 5.76. The Balaban J connectivity index is 2.28. The molecular formula is C20H27N. The average Bonchev–Trinajstić information content (AvgIpc) is 2.55. The molecule has 1 nitrogen and oxygen atoms in total. The van der Waals surface area contributed by atoms with Crippen molar-refractivity contribution in [1.29, 1.82) is 0 Å². The molecule has 2 aromatic carbocycles. The van der Waals surface area contributed by atoms with Crippen LogP contribution in [0.25, 0.3) is 0 Å². The van der Waals surface area contributed by atoms with Crippen LogP contribution < -0.4 is 0 Å². The second-order valence-corrected chi connectivity index (χ2v) is 5.76. The van der Waals surface area contributed by atoms with Crippen molar-refractivity contribution in [3.63, 3.8) is 0 Å². The Bertz CT molecular complexity index is 462. The molecule has 0 saturated carbocycles. The molecule has 0 heterocycles. The molecule has 0 aliphatic carbocycles. The maximum Gasteiger partial charge on any atom is 0.0127 e. The normalized spacial score (nSPS) is 12.8. The third-order valence-electron chi connectivity index (χ3n) is 4.33. The van der Waals surface area contributed by atoms with E-state index in [1.54, 1.807) is 0 Å². The highest BCUT2D eigenvalue weighted by Gasteiger charge is 2.22. The average molecular weight is 281 g/mol. The summed E-state index contributed by atoms with van der Waals surface area (Å²) in [5, 5.41) is 0. The quantitative estimate of drug-likeness (QED) is 0.705. The third-order valence-corrected chi connectivity index (χ3v) is 4.33. The van der Waals surface area contributed by atoms with Crippen molar-refractivity contribution in [2.45, 2.75) is 26.7 Å². The Morgan fingerprint density at radius 3 is 1.57 bits per heavy atom. The summed E-state index contributed by atoms with van der Waals surface area (Å²) in [4.78, 5) is 2.52. The molecule has 0 amide bonds. The lowest BCUT2D eigenvalue weighted by Crippen LogP contribution is -2.31. The number of hydrogen-bond donors (Lipinski definition) is 0. The van der Waals surface area contributed by atoms with Crippen molar-refractivity contribution in [3.05, 3.63) is 71.8 Å². The standard InChI is InChI=1S/C20H27N/c1-4-21(5-2)16-17(3)20(18-12-8-6-9-13-18)19-14-10-7-11-15-19/h6-15,17,20H,4-5,16H2,1-3H3. The molecule has 0 radical (unpaired) electrons. The predicted molar refractivity (Wildman–Crippen MR) is 91.7 cm³/mol. The molecule has 0 spiro atoms. The molecule has 0 saturated heterocycles. The van der Waals surface area contributed by atoms with Crippen molar-refractivity contribution in [1.82, 2.24) is 4.90 Å². The zero-order valence-corrected chi connectivity index (χ0v) is 13.5. The molecule has 0 aromatic heterocycles. The van der Waals surface area contributed by atoms with Gasteiger partial charge in [-0.2, -0.15) is 0 Å². The van der Waals surface area contributed by atoms with E-state index in [2.05, 4.69) is 86.3 Å². The van der Waals surface area contributed by atoms with Crippen LogP contribution in [-0.4, -0.2) is 24.5 Å². The molecule has 1 atom stereocenters. The molecule has 2 aromatic rings. The van der Waals surface area contributed by atoms with Crippen LogP contribution in [0.3, 0.4) is 0 Å². The van der Waals surface area contributed by atoms with E-state index in [4.69, 9.17) is 0 Å². The van der Waals surface area contributed by atoms with Gasteiger partial charge in [0.15, 0.2) is 0 Å². The van der Waals surface area contributed by atoms with Gasteiger partial charge < -0.3 is 4.90 Å². The van der Waals surface area contributed by atoms with Crippen LogP contribution in [0.15, 0.2) is 60.7 Å². The maximum absolute atomic E-state index is 2.52. The topological polar surface area (TPSA) is 3.24 Å². The van der Waals surface area contributed by atoms with Crippen LogP contribution in [0, 0.1) is 5.92 Å². The Labute approximate surface area is 129 Å².